The van der Waals surface area contributed by atoms with Crippen LogP contribution in [0.15, 0.2) is 30.3 Å². The highest BCUT2D eigenvalue weighted by atomic mass is 16.8. The molecule has 0 aliphatic carbocycles. The van der Waals surface area contributed by atoms with Crippen molar-refractivity contribution in [2.24, 2.45) is 0 Å². The van der Waals surface area contributed by atoms with Gasteiger partial charge >= 0.3 is 18.1 Å². The summed E-state index contributed by atoms with van der Waals surface area (Å²) in [6.45, 7) is -0.271. The van der Waals surface area contributed by atoms with E-state index in [2.05, 4.69) is 14.2 Å². The van der Waals surface area contributed by atoms with Crippen LogP contribution in [0, 0.1) is 0 Å². The monoisotopic (exact) mass is 280 g/mol. The number of rotatable bonds is 4. The number of hydrogen-bond donors (Lipinski definition) is 0. The second-order valence-electron chi connectivity index (χ2n) is 3.96. The van der Waals surface area contributed by atoms with Gasteiger partial charge in [0.05, 0.1) is 0 Å². The van der Waals surface area contributed by atoms with Gasteiger partial charge in [-0.1, -0.05) is 30.3 Å². The topological polar surface area (TPSA) is 88.1 Å². The summed E-state index contributed by atoms with van der Waals surface area (Å²) in [4.78, 5) is 33.3. The third-order valence-electron chi connectivity index (χ3n) is 2.43. The molecule has 1 aromatic rings. The zero-order valence-corrected chi connectivity index (χ0v) is 10.4. The van der Waals surface area contributed by atoms with Crippen LogP contribution >= 0.6 is 0 Å². The molecule has 0 amide bonds. The van der Waals surface area contributed by atoms with Crippen molar-refractivity contribution in [2.45, 2.75) is 12.7 Å². The third kappa shape index (κ3) is 3.98. The van der Waals surface area contributed by atoms with E-state index in [1.54, 1.807) is 24.3 Å². The van der Waals surface area contributed by atoms with Gasteiger partial charge in [-0.2, -0.15) is 0 Å². The highest BCUT2D eigenvalue weighted by molar-refractivity contribution is 6.29. The molecule has 7 nitrogen and oxygen atoms in total. The van der Waals surface area contributed by atoms with E-state index in [1.165, 1.54) is 0 Å². The molecular weight excluding hydrogens is 268 g/mol. The van der Waals surface area contributed by atoms with Gasteiger partial charge < -0.3 is 18.9 Å². The van der Waals surface area contributed by atoms with Gasteiger partial charge in [-0.25, -0.2) is 14.4 Å². The fourth-order valence-electron chi connectivity index (χ4n) is 1.46. The third-order valence-corrected chi connectivity index (χ3v) is 2.43. The Morgan fingerprint density at radius 3 is 2.50 bits per heavy atom. The van der Waals surface area contributed by atoms with Gasteiger partial charge in [0.25, 0.3) is 0 Å². The fraction of sp³-hybridized carbons (Fsp3) is 0.308. The maximum absolute atomic E-state index is 11.3. The first-order valence-electron chi connectivity index (χ1n) is 5.86. The molecule has 0 aromatic heterocycles. The van der Waals surface area contributed by atoms with Gasteiger partial charge in [-0.05, 0) is 5.56 Å². The van der Waals surface area contributed by atoms with Crippen LogP contribution in [0.5, 0.6) is 0 Å². The van der Waals surface area contributed by atoms with Crippen LogP contribution < -0.4 is 0 Å². The Labute approximate surface area is 114 Å². The van der Waals surface area contributed by atoms with Crippen molar-refractivity contribution in [3.63, 3.8) is 0 Å². The summed E-state index contributed by atoms with van der Waals surface area (Å²) in [7, 11) is 0. The molecule has 0 saturated carbocycles. The summed E-state index contributed by atoms with van der Waals surface area (Å²) in [6.07, 6.45) is -1.51. The summed E-state index contributed by atoms with van der Waals surface area (Å²) in [5.41, 5.74) is 0.756. The van der Waals surface area contributed by atoms with Crippen LogP contribution in [-0.2, 0) is 35.1 Å². The van der Waals surface area contributed by atoms with Gasteiger partial charge in [0.1, 0.15) is 19.8 Å². The van der Waals surface area contributed by atoms with E-state index in [0.29, 0.717) is 0 Å². The van der Waals surface area contributed by atoms with E-state index < -0.39 is 24.2 Å². The molecule has 1 saturated heterocycles. The predicted octanol–water partition coefficient (Wildman–Crippen LogP) is 0.808. The Bertz CT molecular complexity index is 497. The van der Waals surface area contributed by atoms with Crippen molar-refractivity contribution >= 4 is 18.1 Å². The number of cyclic esters (lactones) is 2. The van der Waals surface area contributed by atoms with Crippen molar-refractivity contribution < 1.29 is 33.3 Å². The van der Waals surface area contributed by atoms with E-state index in [4.69, 9.17) is 4.74 Å². The van der Waals surface area contributed by atoms with E-state index in [1.807, 2.05) is 6.07 Å². The van der Waals surface area contributed by atoms with Crippen LogP contribution in [0.1, 0.15) is 5.56 Å². The normalized spacial score (nSPS) is 17.0. The zero-order chi connectivity index (χ0) is 14.4. The summed E-state index contributed by atoms with van der Waals surface area (Å²) in [5, 5.41) is 0. The maximum Gasteiger partial charge on any atom is 0.508 e. The molecular formula is C13H12O7. The molecule has 1 heterocycles. The van der Waals surface area contributed by atoms with Gasteiger partial charge in [-0.15, -0.1) is 0 Å². The Kier molecular flexibility index (Phi) is 4.54. The quantitative estimate of drug-likeness (QED) is 0.458. The second kappa shape index (κ2) is 6.55. The largest absolute Gasteiger partial charge is 0.508 e. The van der Waals surface area contributed by atoms with Gasteiger partial charge in [0, 0.05) is 0 Å². The van der Waals surface area contributed by atoms with E-state index in [-0.39, 0.29) is 19.8 Å². The van der Waals surface area contributed by atoms with Crippen molar-refractivity contribution in [3.05, 3.63) is 35.9 Å². The lowest BCUT2D eigenvalue weighted by molar-refractivity contribution is -0.169. The minimum Gasteiger partial charge on any atom is -0.453 e. The first-order chi connectivity index (χ1) is 9.65. The Hall–Kier alpha value is -2.57. The molecule has 0 spiro atoms. The summed E-state index contributed by atoms with van der Waals surface area (Å²) < 4.78 is 18.6. The molecule has 1 fully saturated rings. The lowest BCUT2D eigenvalue weighted by Gasteiger charge is -2.07. The molecule has 0 bridgehead atoms. The standard InChI is InChI=1S/C13H12O7/c14-11(17-6-9-4-2-1-3-5-9)12(15)18-7-10-8-19-13(16)20-10/h1-5,10H,6-8H2. The molecule has 1 atom stereocenters. The molecule has 1 aliphatic heterocycles. The van der Waals surface area contributed by atoms with E-state index >= 15 is 0 Å². The molecule has 2 rings (SSSR count). The second-order valence-corrected chi connectivity index (χ2v) is 3.96. The number of benzene rings is 1. The Balaban J connectivity index is 1.69. The SMILES string of the molecule is O=C1OCC(COC(=O)C(=O)OCc2ccccc2)O1. The highest BCUT2D eigenvalue weighted by Crippen LogP contribution is 2.07. The first-order valence-corrected chi connectivity index (χ1v) is 5.86. The highest BCUT2D eigenvalue weighted by Gasteiger charge is 2.28. The zero-order valence-electron chi connectivity index (χ0n) is 10.4. The molecule has 7 heteroatoms. The summed E-state index contributed by atoms with van der Waals surface area (Å²) in [6, 6.07) is 8.91. The van der Waals surface area contributed by atoms with Gasteiger partial charge in [0.15, 0.2) is 6.10 Å². The van der Waals surface area contributed by atoms with Crippen LogP contribution in [0.25, 0.3) is 0 Å². The van der Waals surface area contributed by atoms with E-state index in [9.17, 15) is 14.4 Å². The molecule has 0 radical (unpaired) electrons. The average molecular weight is 280 g/mol. The number of carbonyl (C=O) groups excluding carboxylic acids is 3. The van der Waals surface area contributed by atoms with Crippen LogP contribution in [-0.4, -0.2) is 37.4 Å². The lowest BCUT2D eigenvalue weighted by Crippen LogP contribution is -2.26. The van der Waals surface area contributed by atoms with Crippen LogP contribution in [0.4, 0.5) is 4.79 Å². The number of ether oxygens (including phenoxy) is 4. The first kappa shape index (κ1) is 13.9. The molecule has 106 valence electrons. The Morgan fingerprint density at radius 1 is 1.15 bits per heavy atom. The maximum atomic E-state index is 11.3. The fourth-order valence-corrected chi connectivity index (χ4v) is 1.46. The van der Waals surface area contributed by atoms with Crippen molar-refractivity contribution in [1.82, 2.24) is 0 Å². The lowest BCUT2D eigenvalue weighted by atomic mass is 10.2. The molecule has 1 unspecified atom stereocenters. The minimum absolute atomic E-state index is 0.00875. The van der Waals surface area contributed by atoms with Gasteiger partial charge in [-0.3, -0.25) is 0 Å². The number of carbonyl (C=O) groups is 3. The molecule has 20 heavy (non-hydrogen) atoms. The van der Waals surface area contributed by atoms with Crippen LogP contribution in [0.3, 0.4) is 0 Å². The van der Waals surface area contributed by atoms with Crippen molar-refractivity contribution in [2.75, 3.05) is 13.2 Å². The van der Waals surface area contributed by atoms with Crippen LogP contribution in [0.2, 0.25) is 0 Å². The summed E-state index contributed by atoms with van der Waals surface area (Å²) >= 11 is 0. The summed E-state index contributed by atoms with van der Waals surface area (Å²) in [5.74, 6) is -2.23. The Morgan fingerprint density at radius 2 is 1.85 bits per heavy atom. The molecule has 1 aliphatic rings. The number of esters is 2. The smallest absolute Gasteiger partial charge is 0.453 e. The molecule has 0 N–H and O–H groups in total. The van der Waals surface area contributed by atoms with Crippen molar-refractivity contribution in [1.29, 1.82) is 0 Å². The van der Waals surface area contributed by atoms with Gasteiger partial charge in [0.2, 0.25) is 0 Å². The number of hydrogen-bond acceptors (Lipinski definition) is 7. The van der Waals surface area contributed by atoms with Crippen molar-refractivity contribution in [3.8, 4) is 0 Å². The predicted molar refractivity (Wildman–Crippen MR) is 63.4 cm³/mol. The van der Waals surface area contributed by atoms with E-state index in [0.717, 1.165) is 5.56 Å². The molecule has 1 aromatic carbocycles. The average Bonchev–Trinajstić information content (AvgIpc) is 2.89. The minimum atomic E-state index is -1.14.